The average molecular weight is 805 g/mol. The number of aliphatic hydroxyl groups is 1. The molecular weight excluding hydrogens is 725 g/mol. The summed E-state index contributed by atoms with van der Waals surface area (Å²) in [6.45, 7) is 7.61. The molecule has 3 atom stereocenters. The van der Waals surface area contributed by atoms with Crippen molar-refractivity contribution >= 4 is 11.9 Å². The molecule has 0 aromatic carbocycles. The summed E-state index contributed by atoms with van der Waals surface area (Å²) in [6, 6.07) is 0. The Labute approximate surface area is 353 Å². The second kappa shape index (κ2) is 38.7. The third-order valence-corrected chi connectivity index (χ3v) is 9.89. The molecule has 0 spiro atoms. The Balaban J connectivity index is 4.72. The van der Waals surface area contributed by atoms with Gasteiger partial charge in [0.05, 0.1) is 0 Å². The summed E-state index contributed by atoms with van der Waals surface area (Å²) in [7, 11) is 0. The van der Waals surface area contributed by atoms with Gasteiger partial charge in [0.25, 0.3) is 0 Å². The molecule has 3 N–H and O–H groups in total. The van der Waals surface area contributed by atoms with Gasteiger partial charge in [-0.05, 0) is 122 Å². The zero-order valence-electron chi connectivity index (χ0n) is 36.7. The number of allylic oxidation sites excluding steroid dienone is 20. The zero-order chi connectivity index (χ0) is 42.8. The smallest absolute Gasteiger partial charge is 0.336 e. The van der Waals surface area contributed by atoms with Crippen LogP contribution in [0.1, 0.15) is 150 Å². The Morgan fingerprint density at radius 2 is 0.810 bits per heavy atom. The minimum Gasteiger partial charge on any atom is -0.479 e. The third-order valence-electron chi connectivity index (χ3n) is 9.89. The van der Waals surface area contributed by atoms with Crippen molar-refractivity contribution < 1.29 is 34.4 Å². The summed E-state index contributed by atoms with van der Waals surface area (Å²) >= 11 is 0. The number of hydrogen-bond donors (Lipinski definition) is 3. The molecular formula is C51H80O7. The monoisotopic (exact) mass is 805 g/mol. The van der Waals surface area contributed by atoms with E-state index in [4.69, 9.17) is 9.47 Å². The fourth-order valence-corrected chi connectivity index (χ4v) is 6.26. The first-order chi connectivity index (χ1) is 28.3. The van der Waals surface area contributed by atoms with Gasteiger partial charge in [-0.3, -0.25) is 0 Å². The van der Waals surface area contributed by atoms with Gasteiger partial charge in [-0.15, -0.1) is 0 Å². The molecule has 0 aliphatic rings. The lowest BCUT2D eigenvalue weighted by Gasteiger charge is -2.40. The number of carboxylic acid groups (broad SMARTS) is 2. The van der Waals surface area contributed by atoms with Crippen molar-refractivity contribution in [1.82, 2.24) is 0 Å². The van der Waals surface area contributed by atoms with E-state index in [-0.39, 0.29) is 32.5 Å². The van der Waals surface area contributed by atoms with E-state index in [1.54, 1.807) is 13.8 Å². The van der Waals surface area contributed by atoms with Gasteiger partial charge in [-0.2, -0.15) is 0 Å². The summed E-state index contributed by atoms with van der Waals surface area (Å²) in [5, 5.41) is 31.1. The maximum Gasteiger partial charge on any atom is 0.336 e. The molecule has 0 heterocycles. The molecule has 7 heteroatoms. The number of hydrogen-bond acceptors (Lipinski definition) is 5. The SMILES string of the molecule is CC/C=C\C/C=C\C/C=C\C/C=C\C/C=C\CCCCOC(CC)(CC(CO)C(CC)(OCCCC/C=C\C/C=C\C/C=C\C/C=C\C/C=C\CC)C(=O)O)C(=O)O. The van der Waals surface area contributed by atoms with Crippen LogP contribution in [0.4, 0.5) is 0 Å². The molecule has 0 bridgehead atoms. The molecule has 326 valence electrons. The molecule has 0 aromatic heterocycles. The lowest BCUT2D eigenvalue weighted by Crippen LogP contribution is -2.54. The highest BCUT2D eigenvalue weighted by Gasteiger charge is 2.51. The molecule has 0 aliphatic heterocycles. The molecule has 0 rings (SSSR count). The highest BCUT2D eigenvalue weighted by Crippen LogP contribution is 2.36. The Morgan fingerprint density at radius 1 is 0.466 bits per heavy atom. The van der Waals surface area contributed by atoms with E-state index in [0.717, 1.165) is 89.9 Å². The van der Waals surface area contributed by atoms with Crippen molar-refractivity contribution in [3.05, 3.63) is 122 Å². The standard InChI is InChI=1S/C51H80O7/c1-5-9-11-13-15-17-19-21-23-25-27-29-31-33-35-37-39-41-43-57-50(7-3,48(53)54)45-47(46-52)51(8-4,49(55)56)58-44-42-40-38-36-34-32-30-28-26-24-22-20-18-16-14-12-10-6-2/h9-12,15-18,21-24,27-30,33-36,47,52H,5-8,13-14,19-20,25-26,31-32,37-46H2,1-4H3,(H,53,54)(H,55,56)/b11-9-,12-10-,17-15-,18-16-,23-21-,24-22-,29-27-,30-28-,35-33-,36-34-. The van der Waals surface area contributed by atoms with Gasteiger partial charge in [0.2, 0.25) is 0 Å². The van der Waals surface area contributed by atoms with Crippen molar-refractivity contribution in [3.63, 3.8) is 0 Å². The van der Waals surface area contributed by atoms with Crippen LogP contribution in [-0.4, -0.2) is 58.3 Å². The van der Waals surface area contributed by atoms with Crippen LogP contribution in [0, 0.1) is 5.92 Å². The molecule has 3 unspecified atom stereocenters. The average Bonchev–Trinajstić information content (AvgIpc) is 3.22. The molecule has 0 fully saturated rings. The minimum atomic E-state index is -1.72. The fraction of sp³-hybridized carbons (Fsp3) is 0.569. The van der Waals surface area contributed by atoms with E-state index in [1.165, 1.54) is 0 Å². The van der Waals surface area contributed by atoms with Gasteiger partial charge >= 0.3 is 11.9 Å². The van der Waals surface area contributed by atoms with Gasteiger partial charge in [0.15, 0.2) is 11.2 Å². The zero-order valence-corrected chi connectivity index (χ0v) is 36.7. The molecule has 0 radical (unpaired) electrons. The molecule has 0 aromatic rings. The number of ether oxygens (including phenoxy) is 2. The van der Waals surface area contributed by atoms with E-state index >= 15 is 0 Å². The van der Waals surface area contributed by atoms with Gasteiger partial charge in [-0.25, -0.2) is 9.59 Å². The van der Waals surface area contributed by atoms with Gasteiger partial charge < -0.3 is 24.8 Å². The third kappa shape index (κ3) is 27.0. The second-order valence-corrected chi connectivity index (χ2v) is 14.4. The van der Waals surface area contributed by atoms with Gasteiger partial charge in [0, 0.05) is 25.7 Å². The lowest BCUT2D eigenvalue weighted by atomic mass is 9.76. The number of aliphatic hydroxyl groups excluding tert-OH is 1. The van der Waals surface area contributed by atoms with Gasteiger partial charge in [-0.1, -0.05) is 149 Å². The topological polar surface area (TPSA) is 113 Å². The molecule has 0 amide bonds. The molecule has 0 saturated carbocycles. The van der Waals surface area contributed by atoms with Crippen LogP contribution in [0.2, 0.25) is 0 Å². The summed E-state index contributed by atoms with van der Waals surface area (Å²) < 4.78 is 12.1. The predicted molar refractivity (Wildman–Crippen MR) is 245 cm³/mol. The van der Waals surface area contributed by atoms with Crippen LogP contribution in [-0.2, 0) is 19.1 Å². The number of aliphatic carboxylic acids is 2. The van der Waals surface area contributed by atoms with Crippen molar-refractivity contribution in [1.29, 1.82) is 0 Å². The predicted octanol–water partition coefficient (Wildman–Crippen LogP) is 13.3. The van der Waals surface area contributed by atoms with E-state index in [1.807, 2.05) is 0 Å². The van der Waals surface area contributed by atoms with Crippen LogP contribution < -0.4 is 0 Å². The van der Waals surface area contributed by atoms with E-state index in [0.29, 0.717) is 12.8 Å². The quantitative estimate of drug-likeness (QED) is 0.0421. The first-order valence-corrected chi connectivity index (χ1v) is 22.1. The normalized spacial score (nSPS) is 15.7. The Bertz CT molecular complexity index is 1330. The van der Waals surface area contributed by atoms with E-state index in [2.05, 4.69) is 135 Å². The first kappa shape index (κ1) is 54.2. The summed E-state index contributed by atoms with van der Waals surface area (Å²) in [6.07, 6.45) is 57.7. The molecule has 0 aliphatic carbocycles. The maximum atomic E-state index is 12.7. The molecule has 7 nitrogen and oxygen atoms in total. The fourth-order valence-electron chi connectivity index (χ4n) is 6.26. The number of rotatable bonds is 38. The van der Waals surface area contributed by atoms with Crippen molar-refractivity contribution in [2.75, 3.05) is 19.8 Å². The van der Waals surface area contributed by atoms with Crippen molar-refractivity contribution in [2.45, 2.75) is 161 Å². The minimum absolute atomic E-state index is 0.0923. The summed E-state index contributed by atoms with van der Waals surface area (Å²) in [4.78, 5) is 25.3. The lowest BCUT2D eigenvalue weighted by molar-refractivity contribution is -0.192. The highest BCUT2D eigenvalue weighted by molar-refractivity contribution is 5.80. The Hall–Kier alpha value is -3.78. The van der Waals surface area contributed by atoms with Crippen molar-refractivity contribution in [2.24, 2.45) is 5.92 Å². The van der Waals surface area contributed by atoms with Crippen LogP contribution in [0.25, 0.3) is 0 Å². The Kier molecular flexibility index (Phi) is 36.2. The molecule has 58 heavy (non-hydrogen) atoms. The van der Waals surface area contributed by atoms with Crippen LogP contribution in [0.5, 0.6) is 0 Å². The van der Waals surface area contributed by atoms with Crippen molar-refractivity contribution in [3.8, 4) is 0 Å². The Morgan fingerprint density at radius 3 is 1.10 bits per heavy atom. The number of carboxylic acids is 2. The highest BCUT2D eigenvalue weighted by atomic mass is 16.5. The molecule has 0 saturated heterocycles. The maximum absolute atomic E-state index is 12.7. The van der Waals surface area contributed by atoms with E-state index < -0.39 is 35.7 Å². The van der Waals surface area contributed by atoms with E-state index in [9.17, 15) is 24.9 Å². The van der Waals surface area contributed by atoms with Crippen LogP contribution >= 0.6 is 0 Å². The van der Waals surface area contributed by atoms with Crippen LogP contribution in [0.15, 0.2) is 122 Å². The van der Waals surface area contributed by atoms with Crippen LogP contribution in [0.3, 0.4) is 0 Å². The number of carbonyl (C=O) groups is 2. The van der Waals surface area contributed by atoms with Gasteiger partial charge in [0.1, 0.15) is 0 Å². The largest absolute Gasteiger partial charge is 0.479 e. The first-order valence-electron chi connectivity index (χ1n) is 22.1. The number of unbranched alkanes of at least 4 members (excludes halogenated alkanes) is 4. The summed E-state index contributed by atoms with van der Waals surface area (Å²) in [5.41, 5.74) is -3.34. The second-order valence-electron chi connectivity index (χ2n) is 14.4. The summed E-state index contributed by atoms with van der Waals surface area (Å²) in [5.74, 6) is -3.31.